The number of hydrogen-bond acceptors (Lipinski definition) is 5. The molecule has 0 aromatic heterocycles. The van der Waals surface area contributed by atoms with E-state index in [2.05, 4.69) is 15.1 Å². The van der Waals surface area contributed by atoms with Gasteiger partial charge in [-0.15, -0.1) is 0 Å². The van der Waals surface area contributed by atoms with Gasteiger partial charge in [0, 0.05) is 45.8 Å². The van der Waals surface area contributed by atoms with Crippen LogP contribution in [0.1, 0.15) is 5.56 Å². The SMILES string of the molecule is COc1ccc(CN2CCN(CC(=O)N3CCNC(=O)C3)CC2)cc1F. The average Bonchev–Trinajstić information content (AvgIpc) is 2.63. The van der Waals surface area contributed by atoms with E-state index in [1.807, 2.05) is 6.07 Å². The number of hydrogen-bond donors (Lipinski definition) is 1. The van der Waals surface area contributed by atoms with Crippen molar-refractivity contribution in [3.8, 4) is 5.75 Å². The summed E-state index contributed by atoms with van der Waals surface area (Å²) in [6.45, 7) is 5.48. The summed E-state index contributed by atoms with van der Waals surface area (Å²) in [6.07, 6.45) is 0. The highest BCUT2D eigenvalue weighted by molar-refractivity contribution is 5.86. The van der Waals surface area contributed by atoms with E-state index in [1.54, 1.807) is 11.0 Å². The normalized spacial score (nSPS) is 19.3. The highest BCUT2D eigenvalue weighted by Crippen LogP contribution is 2.19. The molecule has 0 saturated carbocycles. The lowest BCUT2D eigenvalue weighted by Gasteiger charge is -2.36. The number of rotatable bonds is 5. The van der Waals surface area contributed by atoms with Crippen LogP contribution in [-0.2, 0) is 16.1 Å². The fraction of sp³-hybridized carbons (Fsp3) is 0.556. The number of benzene rings is 1. The maximum atomic E-state index is 13.8. The molecule has 2 aliphatic heterocycles. The summed E-state index contributed by atoms with van der Waals surface area (Å²) in [5.74, 6) is -0.185. The molecular formula is C18H25FN4O3. The van der Waals surface area contributed by atoms with Gasteiger partial charge in [-0.3, -0.25) is 19.4 Å². The van der Waals surface area contributed by atoms with Crippen molar-refractivity contribution in [1.82, 2.24) is 20.0 Å². The van der Waals surface area contributed by atoms with Crippen molar-refractivity contribution in [3.63, 3.8) is 0 Å². The van der Waals surface area contributed by atoms with E-state index >= 15 is 0 Å². The standard InChI is InChI=1S/C18H25FN4O3/c1-26-16-3-2-14(10-15(16)19)11-21-6-8-22(9-7-21)13-18(25)23-5-4-20-17(24)12-23/h2-3,10H,4-9,11-13H2,1H3,(H,20,24). The maximum Gasteiger partial charge on any atom is 0.239 e. The van der Waals surface area contributed by atoms with Crippen LogP contribution >= 0.6 is 0 Å². The fourth-order valence-corrected chi connectivity index (χ4v) is 3.31. The first-order chi connectivity index (χ1) is 12.5. The number of carbonyl (C=O) groups is 2. The highest BCUT2D eigenvalue weighted by atomic mass is 19.1. The van der Waals surface area contributed by atoms with Gasteiger partial charge in [-0.1, -0.05) is 6.07 Å². The van der Waals surface area contributed by atoms with E-state index in [4.69, 9.17) is 4.74 Å². The molecule has 0 bridgehead atoms. The van der Waals surface area contributed by atoms with Gasteiger partial charge in [0.05, 0.1) is 20.2 Å². The Bertz CT molecular complexity index is 662. The molecule has 2 fully saturated rings. The molecule has 2 amide bonds. The van der Waals surface area contributed by atoms with Gasteiger partial charge in [0.1, 0.15) is 0 Å². The predicted octanol–water partition coefficient (Wildman–Crippen LogP) is -0.0897. The molecule has 142 valence electrons. The highest BCUT2D eigenvalue weighted by Gasteiger charge is 2.25. The summed E-state index contributed by atoms with van der Waals surface area (Å²) >= 11 is 0. The van der Waals surface area contributed by atoms with Crippen LogP contribution in [0.15, 0.2) is 18.2 Å². The topological polar surface area (TPSA) is 65.1 Å². The lowest BCUT2D eigenvalue weighted by molar-refractivity contribution is -0.139. The summed E-state index contributed by atoms with van der Waals surface area (Å²) in [7, 11) is 1.45. The molecule has 0 unspecified atom stereocenters. The Morgan fingerprint density at radius 1 is 1.19 bits per heavy atom. The molecule has 2 saturated heterocycles. The molecule has 1 aromatic rings. The molecule has 1 aromatic carbocycles. The third kappa shape index (κ3) is 4.70. The van der Waals surface area contributed by atoms with Crippen molar-refractivity contribution >= 4 is 11.8 Å². The first-order valence-electron chi connectivity index (χ1n) is 8.87. The number of nitrogens with zero attached hydrogens (tertiary/aromatic N) is 3. The zero-order chi connectivity index (χ0) is 18.5. The number of halogens is 1. The molecule has 2 heterocycles. The van der Waals surface area contributed by atoms with Crippen LogP contribution in [0.25, 0.3) is 0 Å². The summed E-state index contributed by atoms with van der Waals surface area (Å²) < 4.78 is 18.7. The van der Waals surface area contributed by atoms with E-state index in [-0.39, 0.29) is 29.9 Å². The van der Waals surface area contributed by atoms with E-state index in [0.29, 0.717) is 26.2 Å². The minimum absolute atomic E-state index is 0.00512. The third-order valence-electron chi connectivity index (χ3n) is 4.84. The Kier molecular flexibility index (Phi) is 6.05. The van der Waals surface area contributed by atoms with Crippen molar-refractivity contribution in [1.29, 1.82) is 0 Å². The van der Waals surface area contributed by atoms with Crippen LogP contribution in [0.2, 0.25) is 0 Å². The zero-order valence-corrected chi connectivity index (χ0v) is 15.0. The molecule has 7 nitrogen and oxygen atoms in total. The second-order valence-electron chi connectivity index (χ2n) is 6.69. The second kappa shape index (κ2) is 8.46. The second-order valence-corrected chi connectivity index (χ2v) is 6.69. The number of carbonyl (C=O) groups excluding carboxylic acids is 2. The van der Waals surface area contributed by atoms with Crippen LogP contribution < -0.4 is 10.1 Å². The number of ether oxygens (including phenoxy) is 1. The first-order valence-corrected chi connectivity index (χ1v) is 8.87. The molecular weight excluding hydrogens is 339 g/mol. The molecule has 0 aliphatic carbocycles. The Morgan fingerprint density at radius 3 is 2.58 bits per heavy atom. The molecule has 0 spiro atoms. The maximum absolute atomic E-state index is 13.8. The van der Waals surface area contributed by atoms with Gasteiger partial charge in [0.15, 0.2) is 11.6 Å². The Labute approximate surface area is 152 Å². The predicted molar refractivity (Wildman–Crippen MR) is 94.3 cm³/mol. The van der Waals surface area contributed by atoms with Gasteiger partial charge in [-0.05, 0) is 17.7 Å². The van der Waals surface area contributed by atoms with Gasteiger partial charge in [0.2, 0.25) is 11.8 Å². The van der Waals surface area contributed by atoms with Gasteiger partial charge < -0.3 is 15.0 Å². The fourth-order valence-electron chi connectivity index (χ4n) is 3.31. The molecule has 3 rings (SSSR count). The molecule has 1 N–H and O–H groups in total. The minimum Gasteiger partial charge on any atom is -0.494 e. The Balaban J connectivity index is 1.44. The van der Waals surface area contributed by atoms with Crippen LogP contribution in [0.4, 0.5) is 4.39 Å². The minimum atomic E-state index is -0.347. The van der Waals surface area contributed by atoms with Crippen molar-refractivity contribution in [2.45, 2.75) is 6.54 Å². The molecule has 8 heteroatoms. The smallest absolute Gasteiger partial charge is 0.239 e. The molecule has 0 radical (unpaired) electrons. The summed E-state index contributed by atoms with van der Waals surface area (Å²) in [4.78, 5) is 29.7. The number of methoxy groups -OCH3 is 1. The van der Waals surface area contributed by atoms with Crippen molar-refractivity contribution < 1.29 is 18.7 Å². The van der Waals surface area contributed by atoms with Crippen molar-refractivity contribution in [3.05, 3.63) is 29.6 Å². The van der Waals surface area contributed by atoms with Gasteiger partial charge in [0.25, 0.3) is 0 Å². The van der Waals surface area contributed by atoms with Gasteiger partial charge >= 0.3 is 0 Å². The number of amides is 2. The first kappa shape index (κ1) is 18.6. The summed E-state index contributed by atoms with van der Waals surface area (Å²) in [5.41, 5.74) is 0.909. The largest absolute Gasteiger partial charge is 0.494 e. The Morgan fingerprint density at radius 2 is 1.92 bits per heavy atom. The molecule has 26 heavy (non-hydrogen) atoms. The average molecular weight is 364 g/mol. The van der Waals surface area contributed by atoms with Gasteiger partial charge in [-0.25, -0.2) is 4.39 Å². The third-order valence-corrected chi connectivity index (χ3v) is 4.84. The van der Waals surface area contributed by atoms with Crippen molar-refractivity contribution in [2.24, 2.45) is 0 Å². The lowest BCUT2D eigenvalue weighted by atomic mass is 10.2. The molecule has 0 atom stereocenters. The quantitative estimate of drug-likeness (QED) is 0.791. The molecule has 2 aliphatic rings. The van der Waals surface area contributed by atoms with E-state index < -0.39 is 0 Å². The van der Waals surface area contributed by atoms with Crippen LogP contribution in [-0.4, -0.2) is 86.0 Å². The van der Waals surface area contributed by atoms with Crippen molar-refractivity contribution in [2.75, 3.05) is 59.5 Å². The lowest BCUT2D eigenvalue weighted by Crippen LogP contribution is -2.54. The van der Waals surface area contributed by atoms with E-state index in [1.165, 1.54) is 13.2 Å². The summed E-state index contributed by atoms with van der Waals surface area (Å²) in [5, 5.41) is 2.72. The monoisotopic (exact) mass is 364 g/mol. The van der Waals surface area contributed by atoms with Crippen LogP contribution in [0.3, 0.4) is 0 Å². The summed E-state index contributed by atoms with van der Waals surface area (Å²) in [6, 6.07) is 5.03. The zero-order valence-electron chi connectivity index (χ0n) is 15.0. The van der Waals surface area contributed by atoms with E-state index in [9.17, 15) is 14.0 Å². The van der Waals surface area contributed by atoms with Crippen LogP contribution in [0, 0.1) is 5.82 Å². The van der Waals surface area contributed by atoms with Gasteiger partial charge in [-0.2, -0.15) is 0 Å². The number of piperazine rings is 2. The van der Waals surface area contributed by atoms with E-state index in [0.717, 1.165) is 31.7 Å². The van der Waals surface area contributed by atoms with Crippen LogP contribution in [0.5, 0.6) is 5.75 Å². The number of nitrogens with one attached hydrogen (secondary N) is 1. The Hall–Kier alpha value is -2.19.